The molecule has 0 unspecified atom stereocenters. The number of carbonyl (C=O) groups excluding carboxylic acids is 1. The molecule has 37 heavy (non-hydrogen) atoms. The molecule has 0 aliphatic heterocycles. The number of aryl methyl sites for hydroxylation is 1. The van der Waals surface area contributed by atoms with Gasteiger partial charge in [0.15, 0.2) is 5.75 Å². The van der Waals surface area contributed by atoms with E-state index in [1.807, 2.05) is 0 Å². The first-order valence-corrected chi connectivity index (χ1v) is 12.8. The van der Waals surface area contributed by atoms with Gasteiger partial charge in [-0.2, -0.15) is 13.5 Å². The van der Waals surface area contributed by atoms with Crippen molar-refractivity contribution in [2.45, 2.75) is 11.8 Å². The average molecular weight is 560 g/mol. The van der Waals surface area contributed by atoms with Crippen molar-refractivity contribution in [2.24, 2.45) is 10.2 Å². The molecular formula is C25H19Cl2N3O6S. The zero-order valence-corrected chi connectivity index (χ0v) is 21.7. The van der Waals surface area contributed by atoms with Gasteiger partial charge in [0, 0.05) is 5.39 Å². The number of azo groups is 1. The first-order valence-electron chi connectivity index (χ1n) is 10.6. The standard InChI is InChI=1S/C25H19Cl2N3O6S/c1-13-10-15(12-20(21(13)27)37(33,34)35)29-30-22-16-7-4-3-6-14(16)11-17(24(22)31)25(32)28-23-18(26)8-5-9-19(23)36-2/h3-12,31H,1-2H3,(H,28,32)(H,33,34,35). The highest BCUT2D eigenvalue weighted by Crippen LogP contribution is 2.41. The summed E-state index contributed by atoms with van der Waals surface area (Å²) in [7, 11) is -3.19. The number of hydrogen-bond donors (Lipinski definition) is 3. The molecule has 0 aromatic heterocycles. The van der Waals surface area contributed by atoms with E-state index in [-0.39, 0.29) is 32.7 Å². The lowest BCUT2D eigenvalue weighted by Crippen LogP contribution is -2.13. The Labute approximate surface area is 222 Å². The molecule has 0 saturated heterocycles. The SMILES string of the molecule is COc1cccc(Cl)c1NC(=O)c1cc2ccccc2c(N=Nc2cc(C)c(Cl)c(S(=O)(=O)O)c2)c1O. The van der Waals surface area contributed by atoms with E-state index in [2.05, 4.69) is 15.5 Å². The third kappa shape index (κ3) is 5.37. The van der Waals surface area contributed by atoms with Crippen molar-refractivity contribution in [3.8, 4) is 11.5 Å². The number of hydrogen-bond acceptors (Lipinski definition) is 7. The number of phenols is 1. The summed E-state index contributed by atoms with van der Waals surface area (Å²) >= 11 is 12.2. The minimum atomic E-state index is -4.62. The third-order valence-electron chi connectivity index (χ3n) is 5.42. The van der Waals surface area contributed by atoms with E-state index in [1.54, 1.807) is 42.5 Å². The summed E-state index contributed by atoms with van der Waals surface area (Å²) in [4.78, 5) is 12.7. The maximum Gasteiger partial charge on any atom is 0.296 e. The average Bonchev–Trinajstić information content (AvgIpc) is 2.85. The molecule has 0 bridgehead atoms. The van der Waals surface area contributed by atoms with Gasteiger partial charge in [0.25, 0.3) is 16.0 Å². The molecule has 0 atom stereocenters. The van der Waals surface area contributed by atoms with Gasteiger partial charge in [-0.25, -0.2) is 0 Å². The van der Waals surface area contributed by atoms with Crippen LogP contribution in [0.5, 0.6) is 11.5 Å². The summed E-state index contributed by atoms with van der Waals surface area (Å²) in [6.45, 7) is 1.54. The molecule has 4 rings (SSSR count). The van der Waals surface area contributed by atoms with E-state index in [1.165, 1.54) is 26.2 Å². The number of ether oxygens (including phenoxy) is 1. The first kappa shape index (κ1) is 26.4. The fraction of sp³-hybridized carbons (Fsp3) is 0.0800. The van der Waals surface area contributed by atoms with Crippen molar-refractivity contribution in [2.75, 3.05) is 12.4 Å². The number of methoxy groups -OCH3 is 1. The Bertz CT molecular complexity index is 1690. The van der Waals surface area contributed by atoms with Crippen LogP contribution in [0.4, 0.5) is 17.1 Å². The number of nitrogens with one attached hydrogen (secondary N) is 1. The molecule has 0 spiro atoms. The molecule has 3 N–H and O–H groups in total. The summed E-state index contributed by atoms with van der Waals surface area (Å²) in [5.74, 6) is -0.817. The van der Waals surface area contributed by atoms with Gasteiger partial charge in [0.05, 0.1) is 28.4 Å². The van der Waals surface area contributed by atoms with Crippen molar-refractivity contribution in [1.29, 1.82) is 0 Å². The van der Waals surface area contributed by atoms with Gasteiger partial charge in [-0.15, -0.1) is 5.11 Å². The summed E-state index contributed by atoms with van der Waals surface area (Å²) in [5, 5.41) is 23.0. The van der Waals surface area contributed by atoms with E-state index in [0.29, 0.717) is 22.1 Å². The molecular weight excluding hydrogens is 541 g/mol. The summed E-state index contributed by atoms with van der Waals surface area (Å²) < 4.78 is 38.1. The summed E-state index contributed by atoms with van der Waals surface area (Å²) in [5.41, 5.74) is 0.466. The predicted octanol–water partition coefficient (Wildman–Crippen LogP) is 7.08. The van der Waals surface area contributed by atoms with Crippen LogP contribution in [0, 0.1) is 6.92 Å². The van der Waals surface area contributed by atoms with Crippen molar-refractivity contribution >= 4 is 67.1 Å². The van der Waals surface area contributed by atoms with Crippen LogP contribution in [0.1, 0.15) is 15.9 Å². The van der Waals surface area contributed by atoms with Gasteiger partial charge >= 0.3 is 0 Å². The Morgan fingerprint density at radius 1 is 1.03 bits per heavy atom. The van der Waals surface area contributed by atoms with E-state index in [9.17, 15) is 22.9 Å². The van der Waals surface area contributed by atoms with Crippen LogP contribution >= 0.6 is 23.2 Å². The smallest absolute Gasteiger partial charge is 0.296 e. The molecule has 0 saturated carbocycles. The quantitative estimate of drug-likeness (QED) is 0.170. The van der Waals surface area contributed by atoms with Crippen LogP contribution in [0.2, 0.25) is 10.0 Å². The van der Waals surface area contributed by atoms with Crippen LogP contribution in [-0.2, 0) is 10.1 Å². The zero-order chi connectivity index (χ0) is 26.9. The van der Waals surface area contributed by atoms with Crippen LogP contribution in [-0.4, -0.2) is 31.1 Å². The zero-order valence-electron chi connectivity index (χ0n) is 19.4. The van der Waals surface area contributed by atoms with Gasteiger partial charge in [0.2, 0.25) is 0 Å². The molecule has 12 heteroatoms. The van der Waals surface area contributed by atoms with Crippen molar-refractivity contribution in [3.63, 3.8) is 0 Å². The molecule has 0 radical (unpaired) electrons. The molecule has 4 aromatic carbocycles. The number of halogens is 2. The maximum absolute atomic E-state index is 13.2. The van der Waals surface area contributed by atoms with Crippen molar-refractivity contribution in [3.05, 3.63) is 81.8 Å². The van der Waals surface area contributed by atoms with E-state index < -0.39 is 26.7 Å². The molecule has 0 aliphatic carbocycles. The largest absolute Gasteiger partial charge is 0.505 e. The second kappa shape index (κ2) is 10.3. The molecule has 0 fully saturated rings. The molecule has 0 heterocycles. The van der Waals surface area contributed by atoms with E-state index in [4.69, 9.17) is 27.9 Å². The number of fused-ring (bicyclic) bond motifs is 1. The van der Waals surface area contributed by atoms with Gasteiger partial charge in [-0.3, -0.25) is 9.35 Å². The number of benzene rings is 4. The summed E-state index contributed by atoms with van der Waals surface area (Å²) in [6.07, 6.45) is 0. The van der Waals surface area contributed by atoms with Gasteiger partial charge in [-0.05, 0) is 48.2 Å². The number of amides is 1. The molecule has 190 valence electrons. The van der Waals surface area contributed by atoms with Crippen LogP contribution in [0.15, 0.2) is 75.8 Å². The number of rotatable bonds is 6. The second-order valence-corrected chi connectivity index (χ2v) is 10.0. The summed E-state index contributed by atoms with van der Waals surface area (Å²) in [6, 6.07) is 15.7. The fourth-order valence-corrected chi connectivity index (χ4v) is 4.91. The predicted molar refractivity (Wildman–Crippen MR) is 142 cm³/mol. The second-order valence-electron chi connectivity index (χ2n) is 7.86. The van der Waals surface area contributed by atoms with E-state index >= 15 is 0 Å². The number of nitrogens with zero attached hydrogens (tertiary/aromatic N) is 2. The lowest BCUT2D eigenvalue weighted by molar-refractivity contribution is 0.102. The highest BCUT2D eigenvalue weighted by atomic mass is 35.5. The lowest BCUT2D eigenvalue weighted by atomic mass is 10.0. The van der Waals surface area contributed by atoms with Crippen molar-refractivity contribution in [1.82, 2.24) is 0 Å². The number of phenolic OH excluding ortho intramolecular Hbond substituents is 1. The Hall–Kier alpha value is -3.70. The van der Waals surface area contributed by atoms with Crippen LogP contribution < -0.4 is 10.1 Å². The first-order chi connectivity index (χ1) is 17.5. The monoisotopic (exact) mass is 559 g/mol. The Kier molecular flexibility index (Phi) is 7.37. The normalized spacial score (nSPS) is 11.7. The Morgan fingerprint density at radius 2 is 1.76 bits per heavy atom. The number of anilines is 1. The van der Waals surface area contributed by atoms with Crippen LogP contribution in [0.3, 0.4) is 0 Å². The van der Waals surface area contributed by atoms with Gasteiger partial charge in [0.1, 0.15) is 22.0 Å². The minimum absolute atomic E-state index is 0.0321. The molecule has 9 nitrogen and oxygen atoms in total. The van der Waals surface area contributed by atoms with Crippen molar-refractivity contribution < 1.29 is 27.6 Å². The Balaban J connectivity index is 1.82. The topological polar surface area (TPSA) is 138 Å². The highest BCUT2D eigenvalue weighted by Gasteiger charge is 2.21. The molecule has 0 aliphatic rings. The molecule has 1 amide bonds. The third-order valence-corrected chi connectivity index (χ3v) is 7.23. The fourth-order valence-electron chi connectivity index (χ4n) is 3.64. The molecule has 4 aromatic rings. The van der Waals surface area contributed by atoms with Crippen LogP contribution in [0.25, 0.3) is 10.8 Å². The highest BCUT2D eigenvalue weighted by molar-refractivity contribution is 7.86. The van der Waals surface area contributed by atoms with Gasteiger partial charge in [-0.1, -0.05) is 53.5 Å². The van der Waals surface area contributed by atoms with E-state index in [0.717, 1.165) is 6.07 Å². The number of carbonyl (C=O) groups is 1. The maximum atomic E-state index is 13.2. The number of aromatic hydroxyl groups is 1. The Morgan fingerprint density at radius 3 is 2.46 bits per heavy atom. The van der Waals surface area contributed by atoms with Gasteiger partial charge < -0.3 is 15.2 Å². The minimum Gasteiger partial charge on any atom is -0.505 e. The lowest BCUT2D eigenvalue weighted by Gasteiger charge is -2.14. The number of para-hydroxylation sites is 1.